The van der Waals surface area contributed by atoms with Gasteiger partial charge in [0.15, 0.2) is 5.78 Å². The van der Waals surface area contributed by atoms with Gasteiger partial charge in [-0.1, -0.05) is 64.1 Å². The molecule has 1 saturated heterocycles. The molecular formula is C33H44N4O3. The molecule has 3 heterocycles. The molecule has 0 radical (unpaired) electrons. The van der Waals surface area contributed by atoms with Gasteiger partial charge in [-0.2, -0.15) is 5.10 Å². The molecule has 4 rings (SSSR count). The minimum absolute atomic E-state index is 0.0369. The van der Waals surface area contributed by atoms with E-state index in [1.54, 1.807) is 6.92 Å². The Morgan fingerprint density at radius 3 is 2.23 bits per heavy atom. The van der Waals surface area contributed by atoms with Crippen LogP contribution in [0.25, 0.3) is 22.9 Å². The summed E-state index contributed by atoms with van der Waals surface area (Å²) in [6.07, 6.45) is 8.14. The Morgan fingerprint density at radius 1 is 0.975 bits per heavy atom. The maximum Gasteiger partial charge on any atom is 0.253 e. The number of pyridine rings is 1. The molecule has 214 valence electrons. The fourth-order valence-corrected chi connectivity index (χ4v) is 4.87. The lowest BCUT2D eigenvalue weighted by molar-refractivity contribution is 0.0435. The highest BCUT2D eigenvalue weighted by Crippen LogP contribution is 2.29. The van der Waals surface area contributed by atoms with E-state index in [0.29, 0.717) is 23.0 Å². The molecule has 0 aliphatic carbocycles. The fraction of sp³-hybridized carbons (Fsp3) is 0.485. The van der Waals surface area contributed by atoms with Crippen molar-refractivity contribution in [1.29, 1.82) is 0 Å². The molecule has 40 heavy (non-hydrogen) atoms. The van der Waals surface area contributed by atoms with Gasteiger partial charge in [-0.3, -0.25) is 14.5 Å². The van der Waals surface area contributed by atoms with E-state index in [1.807, 2.05) is 52.0 Å². The number of nitrogens with zero attached hydrogens (tertiary/aromatic N) is 4. The SMILES string of the molecule is CC(=O)c1ccc(-c2nn3ccc(C(=O)N(CCC(C)C)CCC(C)C)cc3c2/C=C/CN2CCOCC2)cc1. The summed E-state index contributed by atoms with van der Waals surface area (Å²) in [5, 5.41) is 4.91. The summed E-state index contributed by atoms with van der Waals surface area (Å²) >= 11 is 0. The quantitative estimate of drug-likeness (QED) is 0.258. The summed E-state index contributed by atoms with van der Waals surface area (Å²) in [6.45, 7) is 16.0. The van der Waals surface area contributed by atoms with E-state index in [0.717, 1.165) is 81.1 Å². The molecule has 0 unspecified atom stereocenters. The van der Waals surface area contributed by atoms with Crippen LogP contribution in [-0.4, -0.2) is 77.0 Å². The summed E-state index contributed by atoms with van der Waals surface area (Å²) in [5.74, 6) is 1.18. The summed E-state index contributed by atoms with van der Waals surface area (Å²) in [5.41, 5.74) is 4.98. The van der Waals surface area contributed by atoms with Crippen LogP contribution in [-0.2, 0) is 4.74 Å². The zero-order valence-electron chi connectivity index (χ0n) is 24.7. The number of rotatable bonds is 12. The van der Waals surface area contributed by atoms with Crippen molar-refractivity contribution in [3.05, 3.63) is 65.4 Å². The number of hydrogen-bond acceptors (Lipinski definition) is 5. The van der Waals surface area contributed by atoms with Crippen molar-refractivity contribution in [1.82, 2.24) is 19.4 Å². The zero-order valence-corrected chi connectivity index (χ0v) is 24.7. The van der Waals surface area contributed by atoms with Gasteiger partial charge in [0.1, 0.15) is 5.69 Å². The Kier molecular flexibility index (Phi) is 10.3. The number of amides is 1. The van der Waals surface area contributed by atoms with E-state index in [-0.39, 0.29) is 11.7 Å². The molecule has 0 bridgehead atoms. The molecule has 3 aromatic rings. The summed E-state index contributed by atoms with van der Waals surface area (Å²) < 4.78 is 7.34. The van der Waals surface area contributed by atoms with Crippen molar-refractivity contribution in [3.8, 4) is 11.3 Å². The van der Waals surface area contributed by atoms with Gasteiger partial charge in [-0.05, 0) is 43.7 Å². The lowest BCUT2D eigenvalue weighted by Crippen LogP contribution is -2.36. The van der Waals surface area contributed by atoms with Crippen LogP contribution in [0.2, 0.25) is 0 Å². The second-order valence-electron chi connectivity index (χ2n) is 11.6. The first kappa shape index (κ1) is 29.7. The standard InChI is InChI=1S/C33H44N4O3/c1-24(2)12-16-36(17-13-25(3)4)33(39)29-14-18-37-31(23-29)30(7-6-15-35-19-21-40-22-20-35)32(34-37)28-10-8-27(9-11-28)26(5)38/h6-11,14,18,23-25H,12-13,15-17,19-22H2,1-5H3/b7-6+. The number of ketones is 1. The van der Waals surface area contributed by atoms with Crippen LogP contribution in [0.5, 0.6) is 0 Å². The molecule has 1 aromatic carbocycles. The van der Waals surface area contributed by atoms with Crippen molar-refractivity contribution in [2.45, 2.75) is 47.5 Å². The van der Waals surface area contributed by atoms with E-state index < -0.39 is 0 Å². The summed E-state index contributed by atoms with van der Waals surface area (Å²) in [6, 6.07) is 11.4. The van der Waals surface area contributed by atoms with Crippen molar-refractivity contribution in [2.24, 2.45) is 11.8 Å². The Labute approximate surface area is 238 Å². The van der Waals surface area contributed by atoms with Crippen LogP contribution in [0.3, 0.4) is 0 Å². The molecule has 1 fully saturated rings. The van der Waals surface area contributed by atoms with Crippen molar-refractivity contribution < 1.29 is 14.3 Å². The molecule has 0 spiro atoms. The van der Waals surface area contributed by atoms with Crippen LogP contribution in [0.4, 0.5) is 0 Å². The second kappa shape index (κ2) is 13.9. The third kappa shape index (κ3) is 7.67. The van der Waals surface area contributed by atoms with Crippen LogP contribution in [0.1, 0.15) is 73.7 Å². The lowest BCUT2D eigenvalue weighted by Gasteiger charge is -2.25. The number of carbonyl (C=O) groups is 2. The third-order valence-electron chi connectivity index (χ3n) is 7.48. The highest BCUT2D eigenvalue weighted by molar-refractivity contribution is 5.97. The van der Waals surface area contributed by atoms with Gasteiger partial charge in [-0.15, -0.1) is 0 Å². The van der Waals surface area contributed by atoms with E-state index in [1.165, 1.54) is 0 Å². The van der Waals surface area contributed by atoms with Gasteiger partial charge in [-0.25, -0.2) is 4.52 Å². The van der Waals surface area contributed by atoms with Gasteiger partial charge >= 0.3 is 0 Å². The number of fused-ring (bicyclic) bond motifs is 1. The summed E-state index contributed by atoms with van der Waals surface area (Å²) in [7, 11) is 0. The Hall–Kier alpha value is -3.29. The molecular weight excluding hydrogens is 500 g/mol. The molecule has 1 aliphatic rings. The average Bonchev–Trinajstić information content (AvgIpc) is 3.31. The first-order chi connectivity index (χ1) is 19.2. The molecule has 1 amide bonds. The Bertz CT molecular complexity index is 1310. The second-order valence-corrected chi connectivity index (χ2v) is 11.6. The third-order valence-corrected chi connectivity index (χ3v) is 7.48. The molecule has 0 saturated carbocycles. The monoisotopic (exact) mass is 544 g/mol. The van der Waals surface area contributed by atoms with E-state index in [4.69, 9.17) is 9.84 Å². The van der Waals surface area contributed by atoms with E-state index in [9.17, 15) is 9.59 Å². The largest absolute Gasteiger partial charge is 0.379 e. The first-order valence-electron chi connectivity index (χ1n) is 14.6. The zero-order chi connectivity index (χ0) is 28.6. The first-order valence-corrected chi connectivity index (χ1v) is 14.6. The van der Waals surface area contributed by atoms with Gasteiger partial charge < -0.3 is 9.64 Å². The number of Topliss-reactive ketones (excluding diaryl/α,β-unsaturated/α-hetero) is 1. The minimum atomic E-state index is 0.0369. The molecule has 7 heteroatoms. The maximum absolute atomic E-state index is 13.8. The fourth-order valence-electron chi connectivity index (χ4n) is 4.87. The Balaban J connectivity index is 1.70. The number of carbonyl (C=O) groups excluding carboxylic acids is 2. The predicted molar refractivity (Wildman–Crippen MR) is 162 cm³/mol. The van der Waals surface area contributed by atoms with Crippen LogP contribution in [0.15, 0.2) is 48.7 Å². The predicted octanol–water partition coefficient (Wildman–Crippen LogP) is 6.08. The van der Waals surface area contributed by atoms with Crippen molar-refractivity contribution in [3.63, 3.8) is 0 Å². The molecule has 1 aliphatic heterocycles. The van der Waals surface area contributed by atoms with Crippen LogP contribution in [0, 0.1) is 11.8 Å². The number of aromatic nitrogens is 2. The average molecular weight is 545 g/mol. The number of ether oxygens (including phenoxy) is 1. The van der Waals surface area contributed by atoms with Gasteiger partial charge in [0.25, 0.3) is 5.91 Å². The van der Waals surface area contributed by atoms with E-state index >= 15 is 0 Å². The highest BCUT2D eigenvalue weighted by Gasteiger charge is 2.20. The Morgan fingerprint density at radius 2 is 1.62 bits per heavy atom. The number of benzene rings is 1. The number of morpholine rings is 1. The molecule has 0 atom stereocenters. The smallest absolute Gasteiger partial charge is 0.253 e. The van der Waals surface area contributed by atoms with Crippen LogP contribution >= 0.6 is 0 Å². The topological polar surface area (TPSA) is 67.2 Å². The van der Waals surface area contributed by atoms with Gasteiger partial charge in [0.05, 0.1) is 18.7 Å². The minimum Gasteiger partial charge on any atom is -0.379 e. The number of hydrogen-bond donors (Lipinski definition) is 0. The maximum atomic E-state index is 13.8. The van der Waals surface area contributed by atoms with Crippen molar-refractivity contribution >= 4 is 23.3 Å². The normalized spacial score (nSPS) is 14.6. The highest BCUT2D eigenvalue weighted by atomic mass is 16.5. The summed E-state index contributed by atoms with van der Waals surface area (Å²) in [4.78, 5) is 30.0. The lowest BCUT2D eigenvalue weighted by atomic mass is 10.0. The van der Waals surface area contributed by atoms with E-state index in [2.05, 4.69) is 44.7 Å². The molecule has 7 nitrogen and oxygen atoms in total. The van der Waals surface area contributed by atoms with Crippen LogP contribution < -0.4 is 0 Å². The molecule has 0 N–H and O–H groups in total. The van der Waals surface area contributed by atoms with Gasteiger partial charge in [0.2, 0.25) is 0 Å². The van der Waals surface area contributed by atoms with Gasteiger partial charge in [0, 0.05) is 61.2 Å². The molecule has 2 aromatic heterocycles. The van der Waals surface area contributed by atoms with Crippen molar-refractivity contribution in [2.75, 3.05) is 45.9 Å².